The lowest BCUT2D eigenvalue weighted by molar-refractivity contribution is 0.127. The summed E-state index contributed by atoms with van der Waals surface area (Å²) in [6.07, 6.45) is 4.19. The van der Waals surface area contributed by atoms with Gasteiger partial charge in [-0.3, -0.25) is 4.90 Å². The lowest BCUT2D eigenvalue weighted by Gasteiger charge is -2.37. The van der Waals surface area contributed by atoms with E-state index >= 15 is 0 Å². The Kier molecular flexibility index (Phi) is 3.86. The predicted octanol–water partition coefficient (Wildman–Crippen LogP) is 2.64. The van der Waals surface area contributed by atoms with Crippen molar-refractivity contribution in [1.29, 1.82) is 0 Å². The summed E-state index contributed by atoms with van der Waals surface area (Å²) in [7, 11) is 0. The van der Waals surface area contributed by atoms with Crippen molar-refractivity contribution < 1.29 is 0 Å². The van der Waals surface area contributed by atoms with Gasteiger partial charge in [0.2, 0.25) is 0 Å². The zero-order valence-corrected chi connectivity index (χ0v) is 9.10. The average molecular weight is 220 g/mol. The zero-order valence-electron chi connectivity index (χ0n) is 7.52. The molecule has 1 heterocycles. The van der Waals surface area contributed by atoms with Crippen LogP contribution >= 0.6 is 15.9 Å². The molecule has 0 aromatic heterocycles. The highest BCUT2D eigenvalue weighted by Crippen LogP contribution is 2.20. The van der Waals surface area contributed by atoms with Gasteiger partial charge in [0.1, 0.15) is 0 Å². The first-order valence-electron chi connectivity index (χ1n) is 4.57. The van der Waals surface area contributed by atoms with Gasteiger partial charge in [-0.05, 0) is 33.2 Å². The molecule has 0 saturated carbocycles. The number of likely N-dealkylation sites (tertiary alicyclic amines) is 1. The highest BCUT2D eigenvalue weighted by molar-refractivity contribution is 9.09. The third-order valence-electron chi connectivity index (χ3n) is 2.51. The first-order chi connectivity index (χ1) is 5.25. The summed E-state index contributed by atoms with van der Waals surface area (Å²) in [5, 5.41) is 1.14. The van der Waals surface area contributed by atoms with Gasteiger partial charge < -0.3 is 0 Å². The van der Waals surface area contributed by atoms with Crippen LogP contribution in [0.3, 0.4) is 0 Å². The van der Waals surface area contributed by atoms with Crippen molar-refractivity contribution in [3.63, 3.8) is 0 Å². The molecule has 2 heteroatoms. The molecule has 1 aliphatic rings. The molecule has 66 valence electrons. The van der Waals surface area contributed by atoms with E-state index in [0.717, 1.165) is 17.4 Å². The summed E-state index contributed by atoms with van der Waals surface area (Å²) in [5.74, 6) is 0. The topological polar surface area (TPSA) is 3.24 Å². The molecule has 1 aliphatic heterocycles. The Labute approximate surface area is 78.3 Å². The summed E-state index contributed by atoms with van der Waals surface area (Å²) in [5.41, 5.74) is 0. The third-order valence-corrected chi connectivity index (χ3v) is 3.26. The summed E-state index contributed by atoms with van der Waals surface area (Å²) in [4.78, 5) is 2.61. The fraction of sp³-hybridized carbons (Fsp3) is 1.00. The van der Waals surface area contributed by atoms with Crippen LogP contribution in [0.5, 0.6) is 0 Å². The fourth-order valence-corrected chi connectivity index (χ4v) is 2.56. The van der Waals surface area contributed by atoms with Gasteiger partial charge in [0.25, 0.3) is 0 Å². The summed E-state index contributed by atoms with van der Waals surface area (Å²) >= 11 is 3.58. The van der Waals surface area contributed by atoms with Gasteiger partial charge in [-0.15, -0.1) is 0 Å². The summed E-state index contributed by atoms with van der Waals surface area (Å²) < 4.78 is 0. The molecule has 0 N–H and O–H groups in total. The van der Waals surface area contributed by atoms with Gasteiger partial charge in [0.15, 0.2) is 0 Å². The molecule has 0 bridgehead atoms. The van der Waals surface area contributed by atoms with Crippen LogP contribution < -0.4 is 0 Å². The highest BCUT2D eigenvalue weighted by atomic mass is 79.9. The molecule has 0 aromatic rings. The molecular weight excluding hydrogens is 202 g/mol. The second-order valence-electron chi connectivity index (χ2n) is 3.64. The van der Waals surface area contributed by atoms with Crippen LogP contribution in [-0.4, -0.2) is 28.9 Å². The zero-order chi connectivity index (χ0) is 8.27. The van der Waals surface area contributed by atoms with Gasteiger partial charge in [-0.25, -0.2) is 0 Å². The van der Waals surface area contributed by atoms with Crippen LogP contribution in [0.4, 0.5) is 0 Å². The molecule has 1 saturated heterocycles. The van der Waals surface area contributed by atoms with Crippen LogP contribution in [0.2, 0.25) is 0 Å². The van der Waals surface area contributed by atoms with E-state index in [2.05, 4.69) is 34.7 Å². The van der Waals surface area contributed by atoms with E-state index < -0.39 is 0 Å². The highest BCUT2D eigenvalue weighted by Gasteiger charge is 2.22. The van der Waals surface area contributed by atoms with Gasteiger partial charge >= 0.3 is 0 Å². The van der Waals surface area contributed by atoms with E-state index in [1.54, 1.807) is 0 Å². The van der Waals surface area contributed by atoms with Crippen molar-refractivity contribution in [3.8, 4) is 0 Å². The second-order valence-corrected chi connectivity index (χ2v) is 4.28. The first-order valence-corrected chi connectivity index (χ1v) is 5.69. The molecule has 1 nitrogen and oxygen atoms in total. The SMILES string of the molecule is CC(C)N1CCCCC1CBr. The fourth-order valence-electron chi connectivity index (χ4n) is 1.87. The minimum absolute atomic E-state index is 0.720. The molecule has 1 atom stereocenters. The Morgan fingerprint density at radius 3 is 2.64 bits per heavy atom. The van der Waals surface area contributed by atoms with E-state index in [-0.39, 0.29) is 0 Å². The molecule has 1 fully saturated rings. The number of hydrogen-bond donors (Lipinski definition) is 0. The Morgan fingerprint density at radius 1 is 1.45 bits per heavy atom. The first kappa shape index (κ1) is 9.53. The van der Waals surface area contributed by atoms with Crippen LogP contribution in [0.25, 0.3) is 0 Å². The Balaban J connectivity index is 2.44. The molecule has 11 heavy (non-hydrogen) atoms. The van der Waals surface area contributed by atoms with Crippen molar-refractivity contribution in [2.24, 2.45) is 0 Å². The van der Waals surface area contributed by atoms with E-state index in [4.69, 9.17) is 0 Å². The number of piperidine rings is 1. The standard InChI is InChI=1S/C9H18BrN/c1-8(2)11-6-4-3-5-9(11)7-10/h8-9H,3-7H2,1-2H3. The van der Waals surface area contributed by atoms with Gasteiger partial charge in [0.05, 0.1) is 0 Å². The van der Waals surface area contributed by atoms with E-state index in [0.29, 0.717) is 0 Å². The molecule has 0 amide bonds. The van der Waals surface area contributed by atoms with E-state index in [1.807, 2.05) is 0 Å². The molecule has 0 aromatic carbocycles. The maximum absolute atomic E-state index is 3.58. The minimum atomic E-state index is 0.720. The van der Waals surface area contributed by atoms with Gasteiger partial charge in [0, 0.05) is 17.4 Å². The lowest BCUT2D eigenvalue weighted by Crippen LogP contribution is -2.44. The molecule has 1 rings (SSSR count). The van der Waals surface area contributed by atoms with Gasteiger partial charge in [-0.2, -0.15) is 0 Å². The summed E-state index contributed by atoms with van der Waals surface area (Å²) in [6, 6.07) is 1.52. The van der Waals surface area contributed by atoms with Crippen LogP contribution in [0, 0.1) is 0 Å². The van der Waals surface area contributed by atoms with Crippen molar-refractivity contribution >= 4 is 15.9 Å². The number of nitrogens with zero attached hydrogens (tertiary/aromatic N) is 1. The van der Waals surface area contributed by atoms with Crippen molar-refractivity contribution in [3.05, 3.63) is 0 Å². The smallest absolute Gasteiger partial charge is 0.0195 e. The molecular formula is C9H18BrN. The molecule has 1 unspecified atom stereocenters. The third kappa shape index (κ3) is 2.45. The predicted molar refractivity (Wildman–Crippen MR) is 53.3 cm³/mol. The van der Waals surface area contributed by atoms with Crippen molar-refractivity contribution in [2.45, 2.75) is 45.2 Å². The second kappa shape index (κ2) is 4.46. The number of halogens is 1. The Bertz CT molecular complexity index is 114. The van der Waals surface area contributed by atoms with Gasteiger partial charge in [-0.1, -0.05) is 22.4 Å². The van der Waals surface area contributed by atoms with Crippen LogP contribution in [-0.2, 0) is 0 Å². The summed E-state index contributed by atoms with van der Waals surface area (Å²) in [6.45, 7) is 5.88. The monoisotopic (exact) mass is 219 g/mol. The largest absolute Gasteiger partial charge is 0.297 e. The van der Waals surface area contributed by atoms with E-state index in [1.165, 1.54) is 25.8 Å². The Morgan fingerprint density at radius 2 is 2.18 bits per heavy atom. The quantitative estimate of drug-likeness (QED) is 0.646. The maximum atomic E-state index is 3.58. The van der Waals surface area contributed by atoms with E-state index in [9.17, 15) is 0 Å². The van der Waals surface area contributed by atoms with Crippen LogP contribution in [0.1, 0.15) is 33.1 Å². The number of hydrogen-bond acceptors (Lipinski definition) is 1. The number of alkyl halides is 1. The molecule has 0 spiro atoms. The Hall–Kier alpha value is 0.440. The van der Waals surface area contributed by atoms with Crippen LogP contribution in [0.15, 0.2) is 0 Å². The maximum Gasteiger partial charge on any atom is 0.0195 e. The van der Waals surface area contributed by atoms with Crippen molar-refractivity contribution in [1.82, 2.24) is 4.90 Å². The lowest BCUT2D eigenvalue weighted by atomic mass is 10.0. The minimum Gasteiger partial charge on any atom is -0.297 e. The molecule has 0 radical (unpaired) electrons. The molecule has 0 aliphatic carbocycles. The number of rotatable bonds is 2. The average Bonchev–Trinajstić information content (AvgIpc) is 2.04. The van der Waals surface area contributed by atoms with Crippen molar-refractivity contribution in [2.75, 3.05) is 11.9 Å². The normalized spacial score (nSPS) is 27.8.